The first-order valence-electron chi connectivity index (χ1n) is 17.3. The number of aromatic nitrogens is 1. The molecule has 5 fully saturated rings. The second kappa shape index (κ2) is 12.0. The topological polar surface area (TPSA) is 140 Å². The molecule has 0 bridgehead atoms. The number of carbonyl (C=O) groups is 1. The van der Waals surface area contributed by atoms with Crippen molar-refractivity contribution in [3.8, 4) is 0 Å². The third-order valence-corrected chi connectivity index (χ3v) is 13.2. The zero-order valence-corrected chi connectivity index (χ0v) is 27.3. The van der Waals surface area contributed by atoms with Gasteiger partial charge in [-0.1, -0.05) is 13.0 Å². The number of pyridine rings is 1. The summed E-state index contributed by atoms with van der Waals surface area (Å²) in [5.74, 6) is -0.118. The molecule has 7 rings (SSSR count). The summed E-state index contributed by atoms with van der Waals surface area (Å²) in [5.41, 5.74) is -0.931. The smallest absolute Gasteiger partial charge is 0.331 e. The molecule has 0 aromatic carbocycles. The highest BCUT2D eigenvalue weighted by atomic mass is 16.7. The van der Waals surface area contributed by atoms with E-state index in [1.54, 1.807) is 19.4 Å². The van der Waals surface area contributed by atoms with E-state index in [0.717, 1.165) is 36.8 Å². The molecule has 10 heteroatoms. The van der Waals surface area contributed by atoms with Crippen molar-refractivity contribution in [2.24, 2.45) is 33.6 Å². The SMILES string of the molecule is CO[C@@H]1C[C@H](O[C@H]2CC[C@@]3(C=NCc4cccnc4)[C@@H]4CC[C@@]5(C)[C@H](C6=CC(=O)OC6)CC[C@]5(O)[C@@H]4CC[C@]3(O)C2)O[C@H](C)[C@@H]1O. The number of carbonyl (C=O) groups excluding carboxylic acids is 1. The lowest BCUT2D eigenvalue weighted by Gasteiger charge is -2.66. The first-order valence-corrected chi connectivity index (χ1v) is 17.3. The summed E-state index contributed by atoms with van der Waals surface area (Å²) in [4.78, 5) is 21.2. The fourth-order valence-corrected chi connectivity index (χ4v) is 10.8. The maximum absolute atomic E-state index is 12.8. The molecule has 1 saturated heterocycles. The van der Waals surface area contributed by atoms with E-state index in [2.05, 4.69) is 11.9 Å². The van der Waals surface area contributed by atoms with Gasteiger partial charge in [0, 0.05) is 55.5 Å². The number of nitrogens with zero attached hydrogens (tertiary/aromatic N) is 2. The lowest BCUT2D eigenvalue weighted by Crippen LogP contribution is -2.69. The van der Waals surface area contributed by atoms with Crippen LogP contribution in [0.5, 0.6) is 0 Å². The molecule has 1 aromatic heterocycles. The Kier molecular flexibility index (Phi) is 8.46. The molecule has 0 spiro atoms. The van der Waals surface area contributed by atoms with E-state index in [4.69, 9.17) is 23.9 Å². The average Bonchev–Trinajstić information content (AvgIpc) is 3.58. The van der Waals surface area contributed by atoms with Gasteiger partial charge in [0.25, 0.3) is 0 Å². The van der Waals surface area contributed by atoms with Gasteiger partial charge in [-0.25, -0.2) is 4.79 Å². The minimum absolute atomic E-state index is 0.00364. The second-order valence-electron chi connectivity index (χ2n) is 15.2. The number of ether oxygens (including phenoxy) is 4. The van der Waals surface area contributed by atoms with Crippen LogP contribution in [0.1, 0.15) is 83.6 Å². The Morgan fingerprint density at radius 2 is 1.96 bits per heavy atom. The van der Waals surface area contributed by atoms with E-state index in [-0.39, 0.29) is 41.3 Å². The zero-order valence-electron chi connectivity index (χ0n) is 27.3. The predicted octanol–water partition coefficient (Wildman–Crippen LogP) is 3.90. The van der Waals surface area contributed by atoms with Crippen molar-refractivity contribution in [3.63, 3.8) is 0 Å². The molecular weight excluding hydrogens is 588 g/mol. The van der Waals surface area contributed by atoms with Crippen molar-refractivity contribution >= 4 is 12.2 Å². The normalized spacial score (nSPS) is 47.2. The molecule has 2 aliphatic heterocycles. The molecule has 4 saturated carbocycles. The number of hydrogen-bond acceptors (Lipinski definition) is 10. The first-order chi connectivity index (χ1) is 22.0. The number of esters is 1. The fraction of sp³-hybridized carbons (Fsp3) is 0.750. The molecular formula is C36H50N2O8. The Hall–Kier alpha value is -2.21. The van der Waals surface area contributed by atoms with Crippen LogP contribution in [0.2, 0.25) is 0 Å². The van der Waals surface area contributed by atoms with Crippen molar-refractivity contribution in [1.82, 2.24) is 4.98 Å². The standard InChI is InChI=1S/C36H50N2O8/c1-22-32(40)29(43-3)16-31(45-22)46-25-6-11-34(21-38-19-23-5-4-14-37-18-23)27-7-10-33(2)26(24-15-30(39)44-20-24)9-13-36(33,42)28(27)8-12-35(34,41)17-25/h4-5,14-15,18,21-22,25-29,31-32,40-42H,6-13,16-17,19-20H2,1-3H3/t22-,25+,26+,27-,28-,29-,31+,32+,33+,34-,35+,36+/m1/s1. The molecule has 0 radical (unpaired) electrons. The van der Waals surface area contributed by atoms with Crippen LogP contribution in [-0.2, 0) is 30.3 Å². The first kappa shape index (κ1) is 32.3. The van der Waals surface area contributed by atoms with Crippen LogP contribution >= 0.6 is 0 Å². The molecule has 1 aromatic rings. The van der Waals surface area contributed by atoms with E-state index < -0.39 is 35.1 Å². The van der Waals surface area contributed by atoms with Crippen LogP contribution in [0.3, 0.4) is 0 Å². The molecule has 3 N–H and O–H groups in total. The van der Waals surface area contributed by atoms with Gasteiger partial charge in [0.05, 0.1) is 36.1 Å². The van der Waals surface area contributed by atoms with Gasteiger partial charge in [0.1, 0.15) is 12.7 Å². The number of hydrogen-bond donors (Lipinski definition) is 3. The summed E-state index contributed by atoms with van der Waals surface area (Å²) < 4.78 is 23.4. The minimum Gasteiger partial charge on any atom is -0.458 e. The fourth-order valence-electron chi connectivity index (χ4n) is 10.8. The van der Waals surface area contributed by atoms with Gasteiger partial charge in [-0.2, -0.15) is 0 Å². The predicted molar refractivity (Wildman–Crippen MR) is 169 cm³/mol. The quantitative estimate of drug-likeness (QED) is 0.231. The van der Waals surface area contributed by atoms with Crippen molar-refractivity contribution in [2.75, 3.05) is 13.7 Å². The number of methoxy groups -OCH3 is 1. The van der Waals surface area contributed by atoms with Gasteiger partial charge in [0.2, 0.25) is 0 Å². The van der Waals surface area contributed by atoms with Crippen LogP contribution in [0, 0.1) is 28.6 Å². The van der Waals surface area contributed by atoms with Crippen LogP contribution < -0.4 is 0 Å². The van der Waals surface area contributed by atoms with Gasteiger partial charge in [-0.3, -0.25) is 9.98 Å². The molecule has 4 aliphatic carbocycles. The largest absolute Gasteiger partial charge is 0.458 e. The van der Waals surface area contributed by atoms with E-state index in [1.165, 1.54) is 0 Å². The highest BCUT2D eigenvalue weighted by molar-refractivity contribution is 5.85. The van der Waals surface area contributed by atoms with Crippen LogP contribution in [0.4, 0.5) is 0 Å². The number of aliphatic imine (C=N–C) groups is 1. The van der Waals surface area contributed by atoms with E-state index in [0.29, 0.717) is 51.7 Å². The van der Waals surface area contributed by atoms with Crippen molar-refractivity contribution < 1.29 is 39.1 Å². The number of aliphatic hydroxyl groups excluding tert-OH is 1. The molecule has 0 amide bonds. The van der Waals surface area contributed by atoms with Gasteiger partial charge in [-0.05, 0) is 93.2 Å². The van der Waals surface area contributed by atoms with Gasteiger partial charge < -0.3 is 34.3 Å². The molecule has 252 valence electrons. The number of fused-ring (bicyclic) bond motifs is 5. The number of cyclic esters (lactones) is 1. The number of aliphatic hydroxyl groups is 3. The van der Waals surface area contributed by atoms with E-state index in [9.17, 15) is 20.1 Å². The van der Waals surface area contributed by atoms with Crippen molar-refractivity contribution in [3.05, 3.63) is 41.7 Å². The van der Waals surface area contributed by atoms with E-state index >= 15 is 0 Å². The van der Waals surface area contributed by atoms with Crippen molar-refractivity contribution in [2.45, 2.75) is 127 Å². The highest BCUT2D eigenvalue weighted by Crippen LogP contribution is 2.70. The summed E-state index contributed by atoms with van der Waals surface area (Å²) in [6.45, 7) is 4.84. The lowest BCUT2D eigenvalue weighted by atomic mass is 9.41. The Morgan fingerprint density at radius 3 is 2.70 bits per heavy atom. The zero-order chi connectivity index (χ0) is 32.3. The van der Waals surface area contributed by atoms with Crippen LogP contribution in [-0.4, -0.2) is 88.1 Å². The Balaban J connectivity index is 1.17. The van der Waals surface area contributed by atoms with Gasteiger partial charge in [0.15, 0.2) is 6.29 Å². The Bertz CT molecular complexity index is 1360. The minimum atomic E-state index is -1.06. The maximum Gasteiger partial charge on any atom is 0.331 e. The molecule has 0 unspecified atom stereocenters. The van der Waals surface area contributed by atoms with E-state index in [1.807, 2.05) is 31.5 Å². The Labute approximate surface area is 271 Å². The third-order valence-electron chi connectivity index (χ3n) is 13.2. The summed E-state index contributed by atoms with van der Waals surface area (Å²) in [7, 11) is 1.59. The summed E-state index contributed by atoms with van der Waals surface area (Å²) in [5, 5.41) is 36.0. The average molecular weight is 639 g/mol. The van der Waals surface area contributed by atoms with Gasteiger partial charge >= 0.3 is 5.97 Å². The van der Waals surface area contributed by atoms with Crippen LogP contribution in [0.15, 0.2) is 41.2 Å². The van der Waals surface area contributed by atoms with Crippen LogP contribution in [0.25, 0.3) is 0 Å². The Morgan fingerprint density at radius 1 is 1.13 bits per heavy atom. The highest BCUT2D eigenvalue weighted by Gasteiger charge is 2.71. The third kappa shape index (κ3) is 5.10. The molecule has 10 nitrogen and oxygen atoms in total. The summed E-state index contributed by atoms with van der Waals surface area (Å²) in [6.07, 6.45) is 11.8. The molecule has 12 atom stereocenters. The molecule has 3 heterocycles. The monoisotopic (exact) mass is 638 g/mol. The second-order valence-corrected chi connectivity index (χ2v) is 15.2. The van der Waals surface area contributed by atoms with Gasteiger partial charge in [-0.15, -0.1) is 0 Å². The maximum atomic E-state index is 12.8. The molecule has 6 aliphatic rings. The lowest BCUT2D eigenvalue weighted by molar-refractivity contribution is -0.284. The molecule has 46 heavy (non-hydrogen) atoms. The van der Waals surface area contributed by atoms with Crippen molar-refractivity contribution in [1.29, 1.82) is 0 Å². The summed E-state index contributed by atoms with van der Waals surface area (Å²) >= 11 is 0. The summed E-state index contributed by atoms with van der Waals surface area (Å²) in [6, 6.07) is 3.92. The number of rotatable bonds is 7.